The van der Waals surface area contributed by atoms with Crippen LogP contribution < -0.4 is 4.90 Å². The molecule has 0 saturated heterocycles. The van der Waals surface area contributed by atoms with Gasteiger partial charge in [0.25, 0.3) is 5.91 Å². The van der Waals surface area contributed by atoms with Gasteiger partial charge in [-0.15, -0.1) is 0 Å². The quantitative estimate of drug-likeness (QED) is 0.855. The fourth-order valence-corrected chi connectivity index (χ4v) is 1.99. The van der Waals surface area contributed by atoms with Gasteiger partial charge in [0, 0.05) is 24.0 Å². The number of aryl methyl sites for hydroxylation is 1. The van der Waals surface area contributed by atoms with E-state index in [1.807, 2.05) is 38.1 Å². The molecule has 4 heteroatoms. The number of hydrogen-bond donors (Lipinski definition) is 1. The first-order valence-electron chi connectivity index (χ1n) is 6.18. The lowest BCUT2D eigenvalue weighted by Gasteiger charge is -2.20. The molecule has 0 aliphatic carbocycles. The largest absolute Gasteiger partial charge is 0.356 e. The Morgan fingerprint density at radius 1 is 1.37 bits per heavy atom. The Morgan fingerprint density at radius 2 is 2.16 bits per heavy atom. The Hall–Kier alpha value is -2.36. The highest BCUT2D eigenvalue weighted by Gasteiger charge is 2.17. The molecule has 0 fully saturated rings. The number of aromatic amines is 1. The van der Waals surface area contributed by atoms with Gasteiger partial charge in [0.15, 0.2) is 6.29 Å². The third-order valence-corrected chi connectivity index (χ3v) is 2.95. The average Bonchev–Trinajstić information content (AvgIpc) is 2.88. The van der Waals surface area contributed by atoms with Gasteiger partial charge in [0.2, 0.25) is 0 Å². The van der Waals surface area contributed by atoms with Gasteiger partial charge in [-0.05, 0) is 37.6 Å². The summed E-state index contributed by atoms with van der Waals surface area (Å²) in [7, 11) is 0. The topological polar surface area (TPSA) is 53.2 Å². The van der Waals surface area contributed by atoms with Crippen molar-refractivity contribution in [3.8, 4) is 0 Å². The number of anilines is 1. The molecule has 1 aromatic carbocycles. The van der Waals surface area contributed by atoms with Crippen LogP contribution in [0.25, 0.3) is 0 Å². The molecule has 0 spiro atoms. The number of rotatable bonds is 4. The molecule has 4 nitrogen and oxygen atoms in total. The Kier molecular flexibility index (Phi) is 3.80. The Bertz CT molecular complexity index is 602. The lowest BCUT2D eigenvalue weighted by Crippen LogP contribution is -2.30. The monoisotopic (exact) mass is 256 g/mol. The Morgan fingerprint density at radius 3 is 2.74 bits per heavy atom. The SMILES string of the molecule is CCN(C(=O)c1cc(C=O)c[nH]1)c1cccc(C)c1. The zero-order valence-corrected chi connectivity index (χ0v) is 11.0. The van der Waals surface area contributed by atoms with E-state index in [4.69, 9.17) is 0 Å². The fourth-order valence-electron chi connectivity index (χ4n) is 1.99. The van der Waals surface area contributed by atoms with Gasteiger partial charge >= 0.3 is 0 Å². The summed E-state index contributed by atoms with van der Waals surface area (Å²) in [6, 6.07) is 9.34. The normalized spacial score (nSPS) is 10.2. The number of hydrogen-bond acceptors (Lipinski definition) is 2. The summed E-state index contributed by atoms with van der Waals surface area (Å²) >= 11 is 0. The van der Waals surface area contributed by atoms with E-state index in [9.17, 15) is 9.59 Å². The van der Waals surface area contributed by atoms with E-state index in [1.54, 1.807) is 11.0 Å². The van der Waals surface area contributed by atoms with Gasteiger partial charge in [0.05, 0.1) is 0 Å². The van der Waals surface area contributed by atoms with Crippen molar-refractivity contribution in [2.45, 2.75) is 13.8 Å². The molecule has 1 aromatic heterocycles. The molecule has 2 rings (SSSR count). The van der Waals surface area contributed by atoms with Crippen molar-refractivity contribution in [3.05, 3.63) is 53.3 Å². The van der Waals surface area contributed by atoms with Gasteiger partial charge in [-0.1, -0.05) is 12.1 Å². The minimum absolute atomic E-state index is 0.138. The summed E-state index contributed by atoms with van der Waals surface area (Å²) in [6.45, 7) is 4.47. The maximum atomic E-state index is 12.4. The van der Waals surface area contributed by atoms with Crippen molar-refractivity contribution in [1.29, 1.82) is 0 Å². The first kappa shape index (κ1) is 13.1. The van der Waals surface area contributed by atoms with Crippen molar-refractivity contribution in [3.63, 3.8) is 0 Å². The summed E-state index contributed by atoms with van der Waals surface area (Å²) in [5, 5.41) is 0. The number of benzene rings is 1. The van der Waals surface area contributed by atoms with Crippen LogP contribution in [0.3, 0.4) is 0 Å². The standard InChI is InChI=1S/C15H16N2O2/c1-3-17(13-6-4-5-11(2)7-13)15(19)14-8-12(10-18)9-16-14/h4-10,16H,3H2,1-2H3. The van der Waals surface area contributed by atoms with Gasteiger partial charge in [-0.3, -0.25) is 9.59 Å². The average molecular weight is 256 g/mol. The van der Waals surface area contributed by atoms with E-state index in [0.717, 1.165) is 17.5 Å². The molecule has 1 amide bonds. The Balaban J connectivity index is 2.31. The lowest BCUT2D eigenvalue weighted by atomic mass is 10.2. The summed E-state index contributed by atoms with van der Waals surface area (Å²) in [4.78, 5) is 27.6. The molecule has 98 valence electrons. The van der Waals surface area contributed by atoms with Crippen LogP contribution in [0, 0.1) is 6.92 Å². The predicted molar refractivity (Wildman–Crippen MR) is 74.7 cm³/mol. The van der Waals surface area contributed by atoms with E-state index in [1.165, 1.54) is 6.20 Å². The summed E-state index contributed by atoms with van der Waals surface area (Å²) in [5.41, 5.74) is 2.85. The molecule has 1 heterocycles. The first-order chi connectivity index (χ1) is 9.15. The number of amides is 1. The second kappa shape index (κ2) is 5.52. The highest BCUT2D eigenvalue weighted by molar-refractivity contribution is 6.05. The predicted octanol–water partition coefficient (Wildman–Crippen LogP) is 2.80. The molecule has 0 unspecified atom stereocenters. The number of aromatic nitrogens is 1. The van der Waals surface area contributed by atoms with Crippen LogP contribution in [0.1, 0.15) is 33.3 Å². The van der Waals surface area contributed by atoms with Crippen molar-refractivity contribution in [2.24, 2.45) is 0 Å². The van der Waals surface area contributed by atoms with E-state index < -0.39 is 0 Å². The summed E-state index contributed by atoms with van der Waals surface area (Å²) in [6.07, 6.45) is 2.25. The van der Waals surface area contributed by atoms with Crippen LogP contribution in [0.4, 0.5) is 5.69 Å². The second-order valence-corrected chi connectivity index (χ2v) is 4.35. The molecule has 0 atom stereocenters. The lowest BCUT2D eigenvalue weighted by molar-refractivity contribution is 0.0984. The summed E-state index contributed by atoms with van der Waals surface area (Å²) < 4.78 is 0. The molecule has 1 N–H and O–H groups in total. The third-order valence-electron chi connectivity index (χ3n) is 2.95. The molecule has 0 radical (unpaired) electrons. The molecule has 0 aliphatic rings. The highest BCUT2D eigenvalue weighted by atomic mass is 16.2. The molecule has 0 aliphatic heterocycles. The molecular weight excluding hydrogens is 240 g/mol. The van der Waals surface area contributed by atoms with Gasteiger partial charge in [-0.2, -0.15) is 0 Å². The highest BCUT2D eigenvalue weighted by Crippen LogP contribution is 2.18. The van der Waals surface area contributed by atoms with Crippen molar-refractivity contribution < 1.29 is 9.59 Å². The van der Waals surface area contributed by atoms with Gasteiger partial charge in [-0.25, -0.2) is 0 Å². The fraction of sp³-hybridized carbons (Fsp3) is 0.200. The van der Waals surface area contributed by atoms with Crippen LogP contribution >= 0.6 is 0 Å². The van der Waals surface area contributed by atoms with Gasteiger partial charge in [0.1, 0.15) is 5.69 Å². The number of nitrogens with zero attached hydrogens (tertiary/aromatic N) is 1. The minimum Gasteiger partial charge on any atom is -0.356 e. The number of nitrogens with one attached hydrogen (secondary N) is 1. The van der Waals surface area contributed by atoms with Crippen LogP contribution in [-0.4, -0.2) is 23.7 Å². The van der Waals surface area contributed by atoms with Crippen LogP contribution in [0.2, 0.25) is 0 Å². The van der Waals surface area contributed by atoms with E-state index in [0.29, 0.717) is 17.8 Å². The molecule has 2 aromatic rings. The van der Waals surface area contributed by atoms with E-state index in [-0.39, 0.29) is 5.91 Å². The molecule has 0 bridgehead atoms. The second-order valence-electron chi connectivity index (χ2n) is 4.35. The molecule has 0 saturated carbocycles. The van der Waals surface area contributed by atoms with Crippen molar-refractivity contribution in [2.75, 3.05) is 11.4 Å². The zero-order valence-electron chi connectivity index (χ0n) is 11.0. The Labute approximate surface area is 112 Å². The molecular formula is C15H16N2O2. The van der Waals surface area contributed by atoms with Crippen LogP contribution in [0.5, 0.6) is 0 Å². The van der Waals surface area contributed by atoms with E-state index >= 15 is 0 Å². The van der Waals surface area contributed by atoms with Gasteiger partial charge < -0.3 is 9.88 Å². The maximum Gasteiger partial charge on any atom is 0.274 e. The van der Waals surface area contributed by atoms with Crippen molar-refractivity contribution in [1.82, 2.24) is 4.98 Å². The maximum absolute atomic E-state index is 12.4. The third kappa shape index (κ3) is 2.73. The van der Waals surface area contributed by atoms with Crippen molar-refractivity contribution >= 4 is 17.9 Å². The number of aldehydes is 1. The smallest absolute Gasteiger partial charge is 0.274 e. The van der Waals surface area contributed by atoms with Crippen LogP contribution in [0.15, 0.2) is 36.5 Å². The van der Waals surface area contributed by atoms with Crippen LogP contribution in [-0.2, 0) is 0 Å². The minimum atomic E-state index is -0.138. The first-order valence-corrected chi connectivity index (χ1v) is 6.18. The van der Waals surface area contributed by atoms with E-state index in [2.05, 4.69) is 4.98 Å². The number of H-pyrrole nitrogens is 1. The summed E-state index contributed by atoms with van der Waals surface area (Å²) in [5.74, 6) is -0.138. The molecule has 19 heavy (non-hydrogen) atoms. The number of carbonyl (C=O) groups is 2. The zero-order chi connectivity index (χ0) is 13.8. The number of carbonyl (C=O) groups excluding carboxylic acids is 2.